The summed E-state index contributed by atoms with van der Waals surface area (Å²) in [5.74, 6) is 0.791. The van der Waals surface area contributed by atoms with E-state index in [0.29, 0.717) is 26.2 Å². The number of nitrogens with zero attached hydrogens (tertiary/aromatic N) is 3. The van der Waals surface area contributed by atoms with Crippen molar-refractivity contribution in [2.24, 2.45) is 5.10 Å². The van der Waals surface area contributed by atoms with Crippen LogP contribution in [0, 0.1) is 6.92 Å². The number of hydrogen-bond donors (Lipinski definition) is 0. The van der Waals surface area contributed by atoms with E-state index in [1.807, 2.05) is 24.3 Å². The molecule has 2 aliphatic rings. The Bertz CT molecular complexity index is 888. The van der Waals surface area contributed by atoms with E-state index >= 15 is 0 Å². The molecular formula is C23H27N3O3. The van der Waals surface area contributed by atoms with E-state index in [1.165, 1.54) is 5.56 Å². The average Bonchev–Trinajstić information content (AvgIpc) is 3.20. The first kappa shape index (κ1) is 19.6. The SMILES string of the molecule is COc1ccccc1C1=NN(C(=O)CN2CCOCC2)[C@@H](c2ccc(C)cc2)C1. The van der Waals surface area contributed by atoms with Gasteiger partial charge in [0.15, 0.2) is 0 Å². The van der Waals surface area contributed by atoms with Gasteiger partial charge in [0.05, 0.1) is 38.6 Å². The number of rotatable bonds is 5. The van der Waals surface area contributed by atoms with Gasteiger partial charge in [0.1, 0.15) is 5.75 Å². The molecule has 1 saturated heterocycles. The Labute approximate surface area is 171 Å². The quantitative estimate of drug-likeness (QED) is 0.784. The Balaban J connectivity index is 1.63. The van der Waals surface area contributed by atoms with Gasteiger partial charge in [-0.2, -0.15) is 5.10 Å². The Kier molecular flexibility index (Phi) is 5.92. The maximum Gasteiger partial charge on any atom is 0.257 e. The first-order valence-corrected chi connectivity index (χ1v) is 10.1. The summed E-state index contributed by atoms with van der Waals surface area (Å²) in [7, 11) is 1.66. The summed E-state index contributed by atoms with van der Waals surface area (Å²) in [4.78, 5) is 15.3. The van der Waals surface area contributed by atoms with Crippen molar-refractivity contribution in [3.8, 4) is 5.75 Å². The van der Waals surface area contributed by atoms with Gasteiger partial charge in [0.25, 0.3) is 5.91 Å². The summed E-state index contributed by atoms with van der Waals surface area (Å²) in [6.07, 6.45) is 0.665. The zero-order chi connectivity index (χ0) is 20.2. The highest BCUT2D eigenvalue weighted by Gasteiger charge is 2.34. The number of aryl methyl sites for hydroxylation is 1. The van der Waals surface area contributed by atoms with Gasteiger partial charge in [-0.25, -0.2) is 5.01 Å². The van der Waals surface area contributed by atoms with Gasteiger partial charge in [-0.3, -0.25) is 9.69 Å². The summed E-state index contributed by atoms with van der Waals surface area (Å²) >= 11 is 0. The third-order valence-corrected chi connectivity index (χ3v) is 5.51. The molecule has 152 valence electrons. The average molecular weight is 393 g/mol. The van der Waals surface area contributed by atoms with Crippen LogP contribution in [0.3, 0.4) is 0 Å². The highest BCUT2D eigenvalue weighted by atomic mass is 16.5. The molecule has 0 aromatic heterocycles. The van der Waals surface area contributed by atoms with Crippen molar-refractivity contribution < 1.29 is 14.3 Å². The first-order valence-electron chi connectivity index (χ1n) is 10.1. The maximum absolute atomic E-state index is 13.2. The second kappa shape index (κ2) is 8.76. The van der Waals surface area contributed by atoms with Crippen molar-refractivity contribution >= 4 is 11.6 Å². The van der Waals surface area contributed by atoms with Crippen molar-refractivity contribution in [1.82, 2.24) is 9.91 Å². The van der Waals surface area contributed by atoms with Crippen LogP contribution in [0.2, 0.25) is 0 Å². The van der Waals surface area contributed by atoms with Crippen LogP contribution in [-0.2, 0) is 9.53 Å². The van der Waals surface area contributed by atoms with Crippen molar-refractivity contribution in [1.29, 1.82) is 0 Å². The number of hydrazone groups is 1. The van der Waals surface area contributed by atoms with E-state index < -0.39 is 0 Å². The zero-order valence-corrected chi connectivity index (χ0v) is 17.0. The Hall–Kier alpha value is -2.70. The summed E-state index contributed by atoms with van der Waals surface area (Å²) in [5, 5.41) is 6.44. The molecule has 2 heterocycles. The van der Waals surface area contributed by atoms with Crippen LogP contribution in [0.25, 0.3) is 0 Å². The predicted molar refractivity (Wildman–Crippen MR) is 112 cm³/mol. The minimum absolute atomic E-state index is 0.0161. The molecule has 4 rings (SSSR count). The topological polar surface area (TPSA) is 54.4 Å². The molecule has 1 atom stereocenters. The molecule has 2 aromatic rings. The lowest BCUT2D eigenvalue weighted by Crippen LogP contribution is -2.43. The zero-order valence-electron chi connectivity index (χ0n) is 17.0. The molecule has 2 aromatic carbocycles. The highest BCUT2D eigenvalue weighted by molar-refractivity contribution is 6.05. The van der Waals surface area contributed by atoms with Gasteiger partial charge < -0.3 is 9.47 Å². The molecule has 29 heavy (non-hydrogen) atoms. The largest absolute Gasteiger partial charge is 0.496 e. The van der Waals surface area contributed by atoms with E-state index in [4.69, 9.17) is 14.6 Å². The van der Waals surface area contributed by atoms with E-state index in [-0.39, 0.29) is 11.9 Å². The summed E-state index contributed by atoms with van der Waals surface area (Å²) in [6, 6.07) is 16.1. The van der Waals surface area contributed by atoms with Crippen molar-refractivity contribution in [3.63, 3.8) is 0 Å². The normalized spacial score (nSPS) is 19.9. The van der Waals surface area contributed by atoms with Gasteiger partial charge in [0.2, 0.25) is 0 Å². The first-order chi connectivity index (χ1) is 14.2. The third kappa shape index (κ3) is 4.33. The molecule has 0 radical (unpaired) electrons. The van der Waals surface area contributed by atoms with Crippen LogP contribution in [0.5, 0.6) is 5.75 Å². The fourth-order valence-corrected chi connectivity index (χ4v) is 3.86. The van der Waals surface area contributed by atoms with Crippen LogP contribution in [-0.4, -0.2) is 61.5 Å². The standard InChI is InChI=1S/C23H27N3O3/c1-17-7-9-18(10-8-17)21-15-20(19-5-3-4-6-22(19)28-2)24-26(21)23(27)16-25-11-13-29-14-12-25/h3-10,21H,11-16H2,1-2H3/t21-/m1/s1. The van der Waals surface area contributed by atoms with Crippen molar-refractivity contribution in [3.05, 3.63) is 65.2 Å². The molecule has 1 fully saturated rings. The molecule has 0 unspecified atom stereocenters. The number of benzene rings is 2. The molecular weight excluding hydrogens is 366 g/mol. The lowest BCUT2D eigenvalue weighted by atomic mass is 9.97. The third-order valence-electron chi connectivity index (χ3n) is 5.51. The number of para-hydroxylation sites is 1. The summed E-state index contributed by atoms with van der Waals surface area (Å²) < 4.78 is 10.9. The van der Waals surface area contributed by atoms with Crippen LogP contribution < -0.4 is 4.74 Å². The van der Waals surface area contributed by atoms with Gasteiger partial charge in [-0.15, -0.1) is 0 Å². The fourth-order valence-electron chi connectivity index (χ4n) is 3.86. The van der Waals surface area contributed by atoms with Crippen LogP contribution in [0.1, 0.15) is 29.2 Å². The van der Waals surface area contributed by atoms with Crippen LogP contribution >= 0.6 is 0 Å². The van der Waals surface area contributed by atoms with E-state index in [2.05, 4.69) is 36.1 Å². The number of carbonyl (C=O) groups is 1. The second-order valence-electron chi connectivity index (χ2n) is 7.50. The number of methoxy groups -OCH3 is 1. The lowest BCUT2D eigenvalue weighted by Gasteiger charge is -2.29. The van der Waals surface area contributed by atoms with Gasteiger partial charge >= 0.3 is 0 Å². The second-order valence-corrected chi connectivity index (χ2v) is 7.50. The monoisotopic (exact) mass is 393 g/mol. The summed E-state index contributed by atoms with van der Waals surface area (Å²) in [6.45, 7) is 5.31. The molecule has 1 amide bonds. The Morgan fingerprint density at radius 1 is 1.14 bits per heavy atom. The molecule has 0 N–H and O–H groups in total. The molecule has 0 spiro atoms. The fraction of sp³-hybridized carbons (Fsp3) is 0.391. The molecule has 6 heteroatoms. The number of ether oxygens (including phenoxy) is 2. The maximum atomic E-state index is 13.2. The van der Waals surface area contributed by atoms with Crippen molar-refractivity contribution in [2.45, 2.75) is 19.4 Å². The van der Waals surface area contributed by atoms with E-state index in [0.717, 1.165) is 35.7 Å². The summed E-state index contributed by atoms with van der Waals surface area (Å²) in [5.41, 5.74) is 4.11. The highest BCUT2D eigenvalue weighted by Crippen LogP contribution is 2.35. The minimum Gasteiger partial charge on any atom is -0.496 e. The van der Waals surface area contributed by atoms with Gasteiger partial charge in [0, 0.05) is 25.1 Å². The van der Waals surface area contributed by atoms with Crippen LogP contribution in [0.4, 0.5) is 0 Å². The molecule has 0 aliphatic carbocycles. The Morgan fingerprint density at radius 2 is 1.86 bits per heavy atom. The lowest BCUT2D eigenvalue weighted by molar-refractivity contribution is -0.135. The smallest absolute Gasteiger partial charge is 0.257 e. The predicted octanol–water partition coefficient (Wildman–Crippen LogP) is 3.01. The Morgan fingerprint density at radius 3 is 2.59 bits per heavy atom. The van der Waals surface area contributed by atoms with Crippen LogP contribution in [0.15, 0.2) is 53.6 Å². The number of hydrogen-bond acceptors (Lipinski definition) is 5. The number of amides is 1. The number of morpholine rings is 1. The molecule has 6 nitrogen and oxygen atoms in total. The molecule has 0 saturated carbocycles. The van der Waals surface area contributed by atoms with Crippen molar-refractivity contribution in [2.75, 3.05) is 40.0 Å². The minimum atomic E-state index is -0.107. The number of carbonyl (C=O) groups excluding carboxylic acids is 1. The molecule has 0 bridgehead atoms. The van der Waals surface area contributed by atoms with Gasteiger partial charge in [-0.1, -0.05) is 42.0 Å². The van der Waals surface area contributed by atoms with E-state index in [9.17, 15) is 4.79 Å². The van der Waals surface area contributed by atoms with Gasteiger partial charge in [-0.05, 0) is 24.6 Å². The molecule has 2 aliphatic heterocycles. The van der Waals surface area contributed by atoms with E-state index in [1.54, 1.807) is 12.1 Å².